The van der Waals surface area contributed by atoms with E-state index in [9.17, 15) is 4.79 Å². The number of nitrogens with one attached hydrogen (secondary N) is 1. The third kappa shape index (κ3) is 4.43. The lowest BCUT2D eigenvalue weighted by atomic mass is 10.0. The van der Waals surface area contributed by atoms with Crippen molar-refractivity contribution in [3.8, 4) is 0 Å². The van der Waals surface area contributed by atoms with Gasteiger partial charge >= 0.3 is 0 Å². The summed E-state index contributed by atoms with van der Waals surface area (Å²) in [5.74, 6) is -0.0283. The molecule has 0 spiro atoms. The van der Waals surface area contributed by atoms with Gasteiger partial charge in [0.05, 0.1) is 6.04 Å². The van der Waals surface area contributed by atoms with Crippen molar-refractivity contribution in [3.05, 3.63) is 71.3 Å². The van der Waals surface area contributed by atoms with Crippen molar-refractivity contribution in [1.29, 1.82) is 0 Å². The molecule has 3 N–H and O–H groups in total. The molecular weight excluding hydrogens is 260 g/mol. The summed E-state index contributed by atoms with van der Waals surface area (Å²) in [6.45, 7) is 4.01. The van der Waals surface area contributed by atoms with Gasteiger partial charge in [0.25, 0.3) is 0 Å². The van der Waals surface area contributed by atoms with Crippen LogP contribution in [-0.2, 0) is 4.79 Å². The van der Waals surface area contributed by atoms with Crippen molar-refractivity contribution >= 4 is 5.91 Å². The molecule has 2 aromatic carbocycles. The molecule has 2 atom stereocenters. The summed E-state index contributed by atoms with van der Waals surface area (Å²) in [4.78, 5) is 12.1. The van der Waals surface area contributed by atoms with Crippen molar-refractivity contribution in [1.82, 2.24) is 5.32 Å². The summed E-state index contributed by atoms with van der Waals surface area (Å²) < 4.78 is 0. The van der Waals surface area contributed by atoms with Gasteiger partial charge in [-0.1, -0.05) is 60.2 Å². The van der Waals surface area contributed by atoms with Gasteiger partial charge < -0.3 is 11.1 Å². The first-order chi connectivity index (χ1) is 10.1. The van der Waals surface area contributed by atoms with Crippen LogP contribution in [0.25, 0.3) is 0 Å². The molecule has 3 nitrogen and oxygen atoms in total. The van der Waals surface area contributed by atoms with Crippen molar-refractivity contribution in [2.24, 2.45) is 5.73 Å². The Bertz CT molecular complexity index is 578. The molecule has 0 radical (unpaired) electrons. The lowest BCUT2D eigenvalue weighted by Gasteiger charge is -2.17. The molecule has 0 aliphatic rings. The van der Waals surface area contributed by atoms with E-state index in [0.717, 1.165) is 11.1 Å². The summed E-state index contributed by atoms with van der Waals surface area (Å²) in [6.07, 6.45) is 0.292. The molecule has 0 fully saturated rings. The summed E-state index contributed by atoms with van der Waals surface area (Å²) in [7, 11) is 0. The molecule has 0 unspecified atom stereocenters. The molecule has 3 heteroatoms. The lowest BCUT2D eigenvalue weighted by molar-refractivity contribution is -0.122. The van der Waals surface area contributed by atoms with Crippen LogP contribution >= 0.6 is 0 Å². The number of carbonyl (C=O) groups excluding carboxylic acids is 1. The standard InChI is InChI=1S/C18H22N2O/c1-13-8-10-16(11-9-13)17(19)12-18(21)20-14(2)15-6-4-3-5-7-15/h3-11,14,17H,12,19H2,1-2H3,(H,20,21)/t14-,17+/m1/s1. The zero-order chi connectivity index (χ0) is 15.2. The first kappa shape index (κ1) is 15.3. The Labute approximate surface area is 126 Å². The normalized spacial score (nSPS) is 13.5. The molecule has 21 heavy (non-hydrogen) atoms. The topological polar surface area (TPSA) is 55.1 Å². The van der Waals surface area contributed by atoms with Crippen molar-refractivity contribution in [2.45, 2.75) is 32.4 Å². The van der Waals surface area contributed by atoms with E-state index in [-0.39, 0.29) is 18.0 Å². The zero-order valence-electron chi connectivity index (χ0n) is 12.5. The van der Waals surface area contributed by atoms with Gasteiger partial charge in [0.2, 0.25) is 5.91 Å². The van der Waals surface area contributed by atoms with Crippen LogP contribution in [-0.4, -0.2) is 5.91 Å². The number of amides is 1. The molecular formula is C18H22N2O. The minimum atomic E-state index is -0.270. The van der Waals surface area contributed by atoms with Gasteiger partial charge in [0, 0.05) is 12.5 Å². The van der Waals surface area contributed by atoms with Crippen LogP contribution in [0.1, 0.15) is 42.1 Å². The quantitative estimate of drug-likeness (QED) is 0.884. The van der Waals surface area contributed by atoms with E-state index < -0.39 is 0 Å². The predicted molar refractivity (Wildman–Crippen MR) is 85.7 cm³/mol. The summed E-state index contributed by atoms with van der Waals surface area (Å²) in [5, 5.41) is 2.99. The molecule has 0 saturated carbocycles. The van der Waals surface area contributed by atoms with E-state index in [4.69, 9.17) is 5.73 Å². The maximum absolute atomic E-state index is 12.1. The van der Waals surface area contributed by atoms with E-state index >= 15 is 0 Å². The molecule has 0 bridgehead atoms. The Morgan fingerprint density at radius 3 is 2.29 bits per heavy atom. The van der Waals surface area contributed by atoms with Crippen LogP contribution in [0, 0.1) is 6.92 Å². The highest BCUT2D eigenvalue weighted by Crippen LogP contribution is 2.16. The number of nitrogens with two attached hydrogens (primary N) is 1. The molecule has 1 amide bonds. The third-order valence-corrected chi connectivity index (χ3v) is 3.59. The highest BCUT2D eigenvalue weighted by atomic mass is 16.1. The van der Waals surface area contributed by atoms with E-state index in [2.05, 4.69) is 5.32 Å². The Morgan fingerprint density at radius 1 is 1.05 bits per heavy atom. The van der Waals surface area contributed by atoms with Crippen LogP contribution in [0.4, 0.5) is 0 Å². The van der Waals surface area contributed by atoms with Crippen LogP contribution in [0.3, 0.4) is 0 Å². The number of rotatable bonds is 5. The highest BCUT2D eigenvalue weighted by molar-refractivity contribution is 5.77. The van der Waals surface area contributed by atoms with Crippen molar-refractivity contribution < 1.29 is 4.79 Å². The van der Waals surface area contributed by atoms with Crippen LogP contribution in [0.5, 0.6) is 0 Å². The average molecular weight is 282 g/mol. The maximum Gasteiger partial charge on any atom is 0.222 e. The molecule has 0 aliphatic heterocycles. The second kappa shape index (κ2) is 7.04. The highest BCUT2D eigenvalue weighted by Gasteiger charge is 2.14. The molecule has 0 aliphatic carbocycles. The number of hydrogen-bond donors (Lipinski definition) is 2. The largest absolute Gasteiger partial charge is 0.350 e. The summed E-state index contributed by atoms with van der Waals surface area (Å²) >= 11 is 0. The SMILES string of the molecule is Cc1ccc([C@@H](N)CC(=O)N[C@H](C)c2ccccc2)cc1. The predicted octanol–water partition coefficient (Wildman–Crippen LogP) is 3.26. The Balaban J connectivity index is 1.91. The van der Waals surface area contributed by atoms with Crippen molar-refractivity contribution in [3.63, 3.8) is 0 Å². The van der Waals surface area contributed by atoms with E-state index in [1.165, 1.54) is 5.56 Å². The van der Waals surface area contributed by atoms with E-state index in [0.29, 0.717) is 6.42 Å². The lowest BCUT2D eigenvalue weighted by Crippen LogP contribution is -2.29. The number of aryl methyl sites for hydroxylation is 1. The first-order valence-corrected chi connectivity index (χ1v) is 7.22. The first-order valence-electron chi connectivity index (χ1n) is 7.22. The second-order valence-corrected chi connectivity index (χ2v) is 5.42. The van der Waals surface area contributed by atoms with Gasteiger partial charge in [-0.3, -0.25) is 4.79 Å². The van der Waals surface area contributed by atoms with E-state index in [1.54, 1.807) is 0 Å². The number of carbonyl (C=O) groups is 1. The molecule has 0 heterocycles. The third-order valence-electron chi connectivity index (χ3n) is 3.59. The van der Waals surface area contributed by atoms with Gasteiger partial charge in [-0.05, 0) is 25.0 Å². The van der Waals surface area contributed by atoms with Gasteiger partial charge in [-0.25, -0.2) is 0 Å². The Morgan fingerprint density at radius 2 is 1.67 bits per heavy atom. The fourth-order valence-electron chi connectivity index (χ4n) is 2.26. The minimum absolute atomic E-state index is 0.0103. The van der Waals surface area contributed by atoms with Crippen LogP contribution in [0.2, 0.25) is 0 Å². The summed E-state index contributed by atoms with van der Waals surface area (Å²) in [6, 6.07) is 17.6. The fourth-order valence-corrected chi connectivity index (χ4v) is 2.26. The molecule has 2 rings (SSSR count). The Hall–Kier alpha value is -2.13. The second-order valence-electron chi connectivity index (χ2n) is 5.42. The fraction of sp³-hybridized carbons (Fsp3) is 0.278. The van der Waals surface area contributed by atoms with Gasteiger partial charge in [0.1, 0.15) is 0 Å². The molecule has 0 saturated heterocycles. The Kier molecular flexibility index (Phi) is 5.12. The molecule has 2 aromatic rings. The van der Waals surface area contributed by atoms with Crippen LogP contribution in [0.15, 0.2) is 54.6 Å². The average Bonchev–Trinajstić information content (AvgIpc) is 2.48. The number of benzene rings is 2. The van der Waals surface area contributed by atoms with E-state index in [1.807, 2.05) is 68.4 Å². The summed E-state index contributed by atoms with van der Waals surface area (Å²) in [5.41, 5.74) is 9.37. The molecule has 110 valence electrons. The zero-order valence-corrected chi connectivity index (χ0v) is 12.5. The minimum Gasteiger partial charge on any atom is -0.350 e. The van der Waals surface area contributed by atoms with Crippen LogP contribution < -0.4 is 11.1 Å². The number of hydrogen-bond acceptors (Lipinski definition) is 2. The van der Waals surface area contributed by atoms with Gasteiger partial charge in [-0.15, -0.1) is 0 Å². The monoisotopic (exact) mass is 282 g/mol. The maximum atomic E-state index is 12.1. The smallest absolute Gasteiger partial charge is 0.222 e. The van der Waals surface area contributed by atoms with Gasteiger partial charge in [0.15, 0.2) is 0 Å². The van der Waals surface area contributed by atoms with Gasteiger partial charge in [-0.2, -0.15) is 0 Å². The molecule has 0 aromatic heterocycles. The van der Waals surface area contributed by atoms with Crippen molar-refractivity contribution in [2.75, 3.05) is 0 Å².